The van der Waals surface area contributed by atoms with Crippen molar-refractivity contribution in [2.45, 2.75) is 25.8 Å². The summed E-state index contributed by atoms with van der Waals surface area (Å²) in [6.45, 7) is 7.79. The van der Waals surface area contributed by atoms with E-state index in [0.717, 1.165) is 58.8 Å². The van der Waals surface area contributed by atoms with Gasteiger partial charge in [-0.1, -0.05) is 0 Å². The molecule has 2 aliphatic heterocycles. The number of nitrogens with zero attached hydrogens (tertiary/aromatic N) is 2. The highest BCUT2D eigenvalue weighted by Gasteiger charge is 2.28. The fourth-order valence-electron chi connectivity index (χ4n) is 3.85. The van der Waals surface area contributed by atoms with Crippen LogP contribution < -0.4 is 5.32 Å². The lowest BCUT2D eigenvalue weighted by molar-refractivity contribution is -0.124. The van der Waals surface area contributed by atoms with Crippen LogP contribution in [0.1, 0.15) is 24.8 Å². The zero-order valence-corrected chi connectivity index (χ0v) is 16.1. The van der Waals surface area contributed by atoms with Crippen molar-refractivity contribution >= 4 is 17.2 Å². The normalized spacial score (nSPS) is 23.2. The van der Waals surface area contributed by atoms with Crippen molar-refractivity contribution in [3.8, 4) is 0 Å². The van der Waals surface area contributed by atoms with Crippen LogP contribution in [-0.4, -0.2) is 68.7 Å². The van der Waals surface area contributed by atoms with Crippen molar-refractivity contribution < 1.29 is 9.53 Å². The first-order valence-electron chi connectivity index (χ1n) is 9.47. The molecule has 0 saturated carbocycles. The summed E-state index contributed by atoms with van der Waals surface area (Å²) >= 11 is 1.77. The van der Waals surface area contributed by atoms with Gasteiger partial charge in [-0.25, -0.2) is 0 Å². The molecule has 1 amide bonds. The van der Waals surface area contributed by atoms with E-state index >= 15 is 0 Å². The summed E-state index contributed by atoms with van der Waals surface area (Å²) in [7, 11) is 1.73. The maximum atomic E-state index is 12.4. The number of hydrogen-bond acceptors (Lipinski definition) is 5. The second-order valence-electron chi connectivity index (χ2n) is 7.38. The Morgan fingerprint density at radius 2 is 2.08 bits per heavy atom. The number of likely N-dealkylation sites (tertiary alicyclic amines) is 2. The molecular formula is C19H31N3O2S. The Morgan fingerprint density at radius 3 is 2.80 bits per heavy atom. The summed E-state index contributed by atoms with van der Waals surface area (Å²) < 4.78 is 5.12. The third kappa shape index (κ3) is 5.78. The molecule has 1 N–H and O–H groups in total. The Bertz CT molecular complexity index is 515. The third-order valence-corrected chi connectivity index (χ3v) is 6.25. The van der Waals surface area contributed by atoms with Crippen LogP contribution in [0, 0.1) is 11.8 Å². The van der Waals surface area contributed by atoms with Crippen LogP contribution in [-0.2, 0) is 16.1 Å². The second kappa shape index (κ2) is 9.67. The number of hydrogen-bond donors (Lipinski definition) is 1. The Balaban J connectivity index is 1.31. The van der Waals surface area contributed by atoms with Crippen LogP contribution in [0.4, 0.5) is 0 Å². The first-order valence-corrected chi connectivity index (χ1v) is 10.4. The predicted octanol–water partition coefficient (Wildman–Crippen LogP) is 2.04. The Morgan fingerprint density at radius 1 is 1.28 bits per heavy atom. The molecular weight excluding hydrogens is 334 g/mol. The number of nitrogens with one attached hydrogen (secondary N) is 1. The number of methoxy groups -OCH3 is 1. The molecule has 1 unspecified atom stereocenters. The van der Waals surface area contributed by atoms with Crippen LogP contribution in [0.25, 0.3) is 0 Å². The van der Waals surface area contributed by atoms with Crippen molar-refractivity contribution in [2.24, 2.45) is 11.8 Å². The molecule has 3 rings (SSSR count). The Kier molecular flexibility index (Phi) is 7.28. The summed E-state index contributed by atoms with van der Waals surface area (Å²) in [5, 5.41) is 7.61. The molecule has 2 fully saturated rings. The van der Waals surface area contributed by atoms with Gasteiger partial charge in [0, 0.05) is 33.3 Å². The van der Waals surface area contributed by atoms with Gasteiger partial charge in [-0.15, -0.1) is 0 Å². The number of carbonyl (C=O) groups excluding carboxylic acids is 1. The van der Waals surface area contributed by atoms with Crippen molar-refractivity contribution in [2.75, 3.05) is 53.0 Å². The molecule has 2 aliphatic rings. The zero-order valence-electron chi connectivity index (χ0n) is 15.3. The molecule has 6 heteroatoms. The van der Waals surface area contributed by atoms with Crippen molar-refractivity contribution in [3.63, 3.8) is 0 Å². The van der Waals surface area contributed by atoms with Crippen LogP contribution in [0.2, 0.25) is 0 Å². The van der Waals surface area contributed by atoms with Gasteiger partial charge in [-0.3, -0.25) is 9.69 Å². The quantitative estimate of drug-likeness (QED) is 0.766. The first-order chi connectivity index (χ1) is 12.2. The molecule has 1 atom stereocenters. The van der Waals surface area contributed by atoms with Crippen molar-refractivity contribution in [1.82, 2.24) is 15.1 Å². The van der Waals surface area contributed by atoms with Gasteiger partial charge in [-0.2, -0.15) is 11.3 Å². The third-order valence-electron chi connectivity index (χ3n) is 5.51. The average Bonchev–Trinajstić information content (AvgIpc) is 3.31. The van der Waals surface area contributed by atoms with E-state index in [1.807, 2.05) is 0 Å². The van der Waals surface area contributed by atoms with Gasteiger partial charge in [-0.05, 0) is 67.2 Å². The van der Waals surface area contributed by atoms with Crippen LogP contribution >= 0.6 is 11.3 Å². The smallest absolute Gasteiger partial charge is 0.224 e. The van der Waals surface area contributed by atoms with E-state index in [2.05, 4.69) is 31.9 Å². The molecule has 1 aromatic heterocycles. The standard InChI is InChI=1S/C19H31N3O2S/c1-24-10-9-22-8-4-18(14-22)19(23)20-12-16-2-6-21(7-3-16)13-17-5-11-25-15-17/h5,11,15-16,18H,2-4,6-10,12-14H2,1H3,(H,20,23). The Labute approximate surface area is 155 Å². The zero-order chi connectivity index (χ0) is 17.5. The average molecular weight is 366 g/mol. The lowest BCUT2D eigenvalue weighted by Gasteiger charge is -2.32. The van der Waals surface area contributed by atoms with E-state index in [1.165, 1.54) is 18.4 Å². The van der Waals surface area contributed by atoms with Crippen molar-refractivity contribution in [1.29, 1.82) is 0 Å². The van der Waals surface area contributed by atoms with Gasteiger partial charge < -0.3 is 15.0 Å². The minimum atomic E-state index is 0.163. The lowest BCUT2D eigenvalue weighted by Crippen LogP contribution is -2.40. The number of piperidine rings is 1. The van der Waals surface area contributed by atoms with E-state index < -0.39 is 0 Å². The van der Waals surface area contributed by atoms with Crippen LogP contribution in [0.15, 0.2) is 16.8 Å². The largest absolute Gasteiger partial charge is 0.383 e. The van der Waals surface area contributed by atoms with E-state index in [1.54, 1.807) is 18.4 Å². The van der Waals surface area contributed by atoms with E-state index in [4.69, 9.17) is 4.74 Å². The number of amides is 1. The van der Waals surface area contributed by atoms with Gasteiger partial charge in [0.15, 0.2) is 0 Å². The SMILES string of the molecule is COCCN1CCC(C(=O)NCC2CCN(Cc3ccsc3)CC2)C1. The molecule has 2 saturated heterocycles. The number of carbonyl (C=O) groups is 1. The highest BCUT2D eigenvalue weighted by Crippen LogP contribution is 2.20. The molecule has 0 bridgehead atoms. The molecule has 0 aromatic carbocycles. The fourth-order valence-corrected chi connectivity index (χ4v) is 4.51. The molecule has 3 heterocycles. The highest BCUT2D eigenvalue weighted by molar-refractivity contribution is 7.07. The van der Waals surface area contributed by atoms with E-state index in [-0.39, 0.29) is 11.8 Å². The monoisotopic (exact) mass is 365 g/mol. The summed E-state index contributed by atoms with van der Waals surface area (Å²) in [6.07, 6.45) is 3.36. The summed E-state index contributed by atoms with van der Waals surface area (Å²) in [5.74, 6) is 1.05. The maximum Gasteiger partial charge on any atom is 0.224 e. The number of rotatable bonds is 8. The van der Waals surface area contributed by atoms with Gasteiger partial charge in [0.25, 0.3) is 0 Å². The Hall–Kier alpha value is -0.950. The van der Waals surface area contributed by atoms with Gasteiger partial charge >= 0.3 is 0 Å². The number of ether oxygens (including phenoxy) is 1. The van der Waals surface area contributed by atoms with E-state index in [0.29, 0.717) is 5.92 Å². The van der Waals surface area contributed by atoms with Crippen LogP contribution in [0.5, 0.6) is 0 Å². The lowest BCUT2D eigenvalue weighted by atomic mass is 9.96. The minimum Gasteiger partial charge on any atom is -0.383 e. The van der Waals surface area contributed by atoms with Crippen LogP contribution in [0.3, 0.4) is 0 Å². The van der Waals surface area contributed by atoms with E-state index in [9.17, 15) is 4.79 Å². The minimum absolute atomic E-state index is 0.163. The summed E-state index contributed by atoms with van der Waals surface area (Å²) in [4.78, 5) is 17.3. The molecule has 1 aromatic rings. The van der Waals surface area contributed by atoms with Gasteiger partial charge in [0.2, 0.25) is 5.91 Å². The second-order valence-corrected chi connectivity index (χ2v) is 8.16. The topological polar surface area (TPSA) is 44.8 Å². The first kappa shape index (κ1) is 18.8. The molecule has 0 radical (unpaired) electrons. The van der Waals surface area contributed by atoms with Gasteiger partial charge in [0.1, 0.15) is 0 Å². The molecule has 0 aliphatic carbocycles. The maximum absolute atomic E-state index is 12.4. The molecule has 0 spiro atoms. The summed E-state index contributed by atoms with van der Waals surface area (Å²) in [6, 6.07) is 2.22. The van der Waals surface area contributed by atoms with Gasteiger partial charge in [0.05, 0.1) is 12.5 Å². The molecule has 5 nitrogen and oxygen atoms in total. The van der Waals surface area contributed by atoms with Crippen molar-refractivity contribution in [3.05, 3.63) is 22.4 Å². The molecule has 25 heavy (non-hydrogen) atoms. The predicted molar refractivity (Wildman–Crippen MR) is 102 cm³/mol. The highest BCUT2D eigenvalue weighted by atomic mass is 32.1. The fraction of sp³-hybridized carbons (Fsp3) is 0.737. The molecule has 140 valence electrons. The number of thiophene rings is 1. The summed E-state index contributed by atoms with van der Waals surface area (Å²) in [5.41, 5.74) is 1.43.